The lowest BCUT2D eigenvalue weighted by molar-refractivity contribution is 0.102. The van der Waals surface area contributed by atoms with Crippen LogP contribution in [0.15, 0.2) is 58.2 Å². The van der Waals surface area contributed by atoms with E-state index in [1.807, 2.05) is 36.4 Å². The van der Waals surface area contributed by atoms with Gasteiger partial charge in [0, 0.05) is 5.56 Å². The highest BCUT2D eigenvalue weighted by Gasteiger charge is 2.16. The molecule has 25 heavy (non-hydrogen) atoms. The van der Waals surface area contributed by atoms with Gasteiger partial charge < -0.3 is 4.42 Å². The molecule has 0 atom stereocenters. The molecule has 1 aliphatic carbocycles. The Kier molecular flexibility index (Phi) is 4.88. The molecule has 2 aromatic carbocycles. The highest BCUT2D eigenvalue weighted by Crippen LogP contribution is 2.32. The number of ketones is 1. The summed E-state index contributed by atoms with van der Waals surface area (Å²) in [6.45, 7) is 0. The third-order valence-electron chi connectivity index (χ3n) is 4.91. The van der Waals surface area contributed by atoms with E-state index in [0.717, 1.165) is 16.7 Å². The Morgan fingerprint density at radius 2 is 1.80 bits per heavy atom. The van der Waals surface area contributed by atoms with Gasteiger partial charge in [0.25, 0.3) is 5.22 Å². The lowest BCUT2D eigenvalue weighted by atomic mass is 9.84. The molecule has 0 spiro atoms. The fraction of sp³-hybridized carbons (Fsp3) is 0.333. The Labute approximate surface area is 151 Å². The maximum Gasteiger partial charge on any atom is 0.257 e. The molecule has 0 saturated heterocycles. The van der Waals surface area contributed by atoms with Crippen molar-refractivity contribution in [3.05, 3.63) is 59.7 Å². The van der Waals surface area contributed by atoms with Crippen LogP contribution in [0.1, 0.15) is 53.9 Å². The van der Waals surface area contributed by atoms with Crippen LogP contribution in [0.3, 0.4) is 0 Å². The molecule has 4 rings (SSSR count). The molecule has 1 aliphatic rings. The molecule has 4 heteroatoms. The van der Waals surface area contributed by atoms with Crippen molar-refractivity contribution in [1.29, 1.82) is 0 Å². The third kappa shape index (κ3) is 3.79. The molecule has 1 heterocycles. The fourth-order valence-electron chi connectivity index (χ4n) is 3.50. The van der Waals surface area contributed by atoms with Gasteiger partial charge in [-0.2, -0.15) is 0 Å². The number of Topliss-reactive ketones (excluding diaryl/α,β-unsaturated/α-hetero) is 1. The van der Waals surface area contributed by atoms with Crippen LogP contribution in [0, 0.1) is 0 Å². The van der Waals surface area contributed by atoms with Crippen molar-refractivity contribution in [3.8, 4) is 0 Å². The molecular formula is C21H21NO2S. The largest absolute Gasteiger partial charge is 0.431 e. The first kappa shape index (κ1) is 16.4. The van der Waals surface area contributed by atoms with Crippen molar-refractivity contribution in [2.24, 2.45) is 0 Å². The maximum atomic E-state index is 12.4. The minimum Gasteiger partial charge on any atom is -0.431 e. The second kappa shape index (κ2) is 7.44. The van der Waals surface area contributed by atoms with Gasteiger partial charge in [0.1, 0.15) is 5.52 Å². The molecule has 0 bridgehead atoms. The number of carbonyl (C=O) groups excluding carboxylic acids is 1. The number of thioether (sulfide) groups is 1. The van der Waals surface area contributed by atoms with E-state index in [2.05, 4.69) is 17.1 Å². The van der Waals surface area contributed by atoms with Gasteiger partial charge in [0.05, 0.1) is 5.75 Å². The Balaban J connectivity index is 1.38. The van der Waals surface area contributed by atoms with E-state index in [9.17, 15) is 4.79 Å². The number of carbonyl (C=O) groups is 1. The van der Waals surface area contributed by atoms with E-state index < -0.39 is 0 Å². The van der Waals surface area contributed by atoms with Crippen LogP contribution in [-0.4, -0.2) is 16.5 Å². The molecular weight excluding hydrogens is 330 g/mol. The quantitative estimate of drug-likeness (QED) is 0.427. The van der Waals surface area contributed by atoms with Crippen molar-refractivity contribution in [1.82, 2.24) is 4.98 Å². The number of benzene rings is 2. The molecule has 0 radical (unpaired) electrons. The van der Waals surface area contributed by atoms with Crippen molar-refractivity contribution >= 4 is 28.6 Å². The van der Waals surface area contributed by atoms with Crippen LogP contribution in [0.25, 0.3) is 11.1 Å². The summed E-state index contributed by atoms with van der Waals surface area (Å²) >= 11 is 1.35. The molecule has 3 nitrogen and oxygen atoms in total. The summed E-state index contributed by atoms with van der Waals surface area (Å²) in [6.07, 6.45) is 6.57. The Hall–Kier alpha value is -2.07. The van der Waals surface area contributed by atoms with Crippen molar-refractivity contribution in [2.75, 3.05) is 5.75 Å². The van der Waals surface area contributed by atoms with E-state index in [-0.39, 0.29) is 5.78 Å². The zero-order valence-corrected chi connectivity index (χ0v) is 14.9. The summed E-state index contributed by atoms with van der Waals surface area (Å²) in [5, 5.41) is 0.549. The van der Waals surface area contributed by atoms with Crippen LogP contribution in [0.2, 0.25) is 0 Å². The van der Waals surface area contributed by atoms with Crippen LogP contribution in [-0.2, 0) is 0 Å². The van der Waals surface area contributed by atoms with Crippen LogP contribution < -0.4 is 0 Å². The first-order chi connectivity index (χ1) is 12.3. The van der Waals surface area contributed by atoms with E-state index in [1.54, 1.807) is 0 Å². The molecule has 0 N–H and O–H groups in total. The van der Waals surface area contributed by atoms with Gasteiger partial charge in [-0.25, -0.2) is 4.98 Å². The van der Waals surface area contributed by atoms with Crippen molar-refractivity contribution in [3.63, 3.8) is 0 Å². The third-order valence-corrected chi connectivity index (χ3v) is 5.74. The summed E-state index contributed by atoms with van der Waals surface area (Å²) in [5.74, 6) is 1.13. The van der Waals surface area contributed by atoms with Crippen LogP contribution in [0.5, 0.6) is 0 Å². The minimum atomic E-state index is 0.113. The number of oxazole rings is 1. The van der Waals surface area contributed by atoms with Gasteiger partial charge in [-0.15, -0.1) is 0 Å². The number of hydrogen-bond donors (Lipinski definition) is 0. The molecule has 1 fully saturated rings. The molecule has 3 aromatic rings. The molecule has 0 amide bonds. The lowest BCUT2D eigenvalue weighted by Crippen LogP contribution is -2.06. The van der Waals surface area contributed by atoms with Gasteiger partial charge in [-0.1, -0.05) is 67.4 Å². The zero-order chi connectivity index (χ0) is 17.1. The van der Waals surface area contributed by atoms with Crippen molar-refractivity contribution in [2.45, 2.75) is 43.2 Å². The first-order valence-corrected chi connectivity index (χ1v) is 9.90. The average molecular weight is 351 g/mol. The van der Waals surface area contributed by atoms with E-state index in [1.165, 1.54) is 49.4 Å². The predicted molar refractivity (Wildman–Crippen MR) is 101 cm³/mol. The standard InChI is InChI=1S/C21H21NO2S/c23-19(14-25-21-22-18-8-4-5-9-20(18)24-21)17-12-10-16(11-13-17)15-6-2-1-3-7-15/h4-5,8-13,15H,1-3,6-7,14H2. The normalized spacial score (nSPS) is 15.5. The smallest absolute Gasteiger partial charge is 0.257 e. The predicted octanol–water partition coefficient (Wildman–Crippen LogP) is 5.85. The molecule has 1 saturated carbocycles. The van der Waals surface area contributed by atoms with Crippen LogP contribution in [0.4, 0.5) is 0 Å². The monoisotopic (exact) mass is 351 g/mol. The van der Waals surface area contributed by atoms with Crippen molar-refractivity contribution < 1.29 is 9.21 Å². The summed E-state index contributed by atoms with van der Waals surface area (Å²) in [6, 6.07) is 15.9. The van der Waals surface area contributed by atoms with Gasteiger partial charge in [-0.3, -0.25) is 4.79 Å². The highest BCUT2D eigenvalue weighted by molar-refractivity contribution is 7.99. The van der Waals surface area contributed by atoms with Crippen LogP contribution >= 0.6 is 11.8 Å². The summed E-state index contributed by atoms with van der Waals surface area (Å²) in [4.78, 5) is 16.8. The molecule has 1 aromatic heterocycles. The minimum absolute atomic E-state index is 0.113. The van der Waals surface area contributed by atoms with Gasteiger partial charge in [-0.05, 0) is 36.5 Å². The number of aromatic nitrogens is 1. The first-order valence-electron chi connectivity index (χ1n) is 8.91. The SMILES string of the molecule is O=C(CSc1nc2ccccc2o1)c1ccc(C2CCCCC2)cc1. The van der Waals surface area contributed by atoms with Gasteiger partial charge >= 0.3 is 0 Å². The molecule has 0 unspecified atom stereocenters. The number of hydrogen-bond acceptors (Lipinski definition) is 4. The Bertz CT molecular complexity index is 830. The average Bonchev–Trinajstić information content (AvgIpc) is 3.10. The van der Waals surface area contributed by atoms with E-state index in [0.29, 0.717) is 16.9 Å². The Morgan fingerprint density at radius 3 is 2.56 bits per heavy atom. The number of fused-ring (bicyclic) bond motifs is 1. The highest BCUT2D eigenvalue weighted by atomic mass is 32.2. The van der Waals surface area contributed by atoms with E-state index >= 15 is 0 Å². The van der Waals surface area contributed by atoms with Gasteiger partial charge in [0.2, 0.25) is 0 Å². The zero-order valence-electron chi connectivity index (χ0n) is 14.1. The summed E-state index contributed by atoms with van der Waals surface area (Å²) < 4.78 is 5.65. The second-order valence-electron chi connectivity index (χ2n) is 6.62. The summed E-state index contributed by atoms with van der Waals surface area (Å²) in [5.41, 5.74) is 3.73. The summed E-state index contributed by atoms with van der Waals surface area (Å²) in [7, 11) is 0. The topological polar surface area (TPSA) is 43.1 Å². The Morgan fingerprint density at radius 1 is 1.04 bits per heavy atom. The second-order valence-corrected chi connectivity index (χ2v) is 7.54. The molecule has 0 aliphatic heterocycles. The lowest BCUT2D eigenvalue weighted by Gasteiger charge is -2.22. The maximum absolute atomic E-state index is 12.4. The van der Waals surface area contributed by atoms with Gasteiger partial charge in [0.15, 0.2) is 11.4 Å². The number of nitrogens with zero attached hydrogens (tertiary/aromatic N) is 1. The van der Waals surface area contributed by atoms with E-state index in [4.69, 9.17) is 4.42 Å². The number of para-hydroxylation sites is 2. The fourth-order valence-corrected chi connectivity index (χ4v) is 4.23. The number of rotatable bonds is 5. The molecule has 128 valence electrons.